The van der Waals surface area contributed by atoms with Crippen molar-refractivity contribution in [2.24, 2.45) is 0 Å². The third kappa shape index (κ3) is 6.70. The van der Waals surface area contributed by atoms with E-state index in [2.05, 4.69) is 86.4 Å². The lowest BCUT2D eigenvalue weighted by atomic mass is 9.79. The van der Waals surface area contributed by atoms with Crippen LogP contribution in [0.5, 0.6) is 5.75 Å². The van der Waals surface area contributed by atoms with E-state index >= 15 is 0 Å². The Labute approximate surface area is 315 Å². The van der Waals surface area contributed by atoms with Gasteiger partial charge < -0.3 is 26.2 Å². The number of aryl methyl sites for hydroxylation is 2. The van der Waals surface area contributed by atoms with Crippen LogP contribution in [0.3, 0.4) is 0 Å². The second kappa shape index (κ2) is 14.4. The number of phenolic OH excluding ortho intramolecular Hbond substituents is 1. The van der Waals surface area contributed by atoms with Gasteiger partial charge in [0.15, 0.2) is 0 Å². The summed E-state index contributed by atoms with van der Waals surface area (Å²) in [6, 6.07) is 31.8. The molecule has 3 unspecified atom stereocenters. The average Bonchev–Trinajstić information content (AvgIpc) is 3.19. The zero-order valence-corrected chi connectivity index (χ0v) is 30.5. The summed E-state index contributed by atoms with van der Waals surface area (Å²) in [5.41, 5.74) is 8.75. The molecular formula is C46H42N6O2. The molecule has 1 aliphatic carbocycles. The average molecular weight is 711 g/mol. The van der Waals surface area contributed by atoms with Gasteiger partial charge in [-0.15, -0.1) is 0 Å². The summed E-state index contributed by atoms with van der Waals surface area (Å²) < 4.78 is 0. The molecule has 1 aliphatic heterocycles. The first-order valence-electron chi connectivity index (χ1n) is 18.1. The van der Waals surface area contributed by atoms with Crippen LogP contribution in [0.1, 0.15) is 58.0 Å². The highest BCUT2D eigenvalue weighted by Crippen LogP contribution is 2.41. The fraction of sp³-hybridized carbons (Fsp3) is 0.152. The number of dihydropyridines is 1. The Morgan fingerprint density at radius 3 is 2.33 bits per heavy atom. The molecule has 0 spiro atoms. The first kappa shape index (κ1) is 34.4. The van der Waals surface area contributed by atoms with Crippen molar-refractivity contribution in [2.45, 2.75) is 44.8 Å². The van der Waals surface area contributed by atoms with Crippen LogP contribution in [0, 0.1) is 13.8 Å². The number of aliphatic hydroxyl groups excluding tert-OH is 1. The number of benzene rings is 3. The van der Waals surface area contributed by atoms with Crippen molar-refractivity contribution < 1.29 is 10.2 Å². The van der Waals surface area contributed by atoms with E-state index in [0.717, 1.165) is 61.3 Å². The summed E-state index contributed by atoms with van der Waals surface area (Å²) in [6.45, 7) is 6.12. The van der Waals surface area contributed by atoms with E-state index in [1.54, 1.807) is 18.6 Å². The number of fused-ring (bicyclic) bond motifs is 2. The Balaban J connectivity index is 1.16. The van der Waals surface area contributed by atoms with Crippen molar-refractivity contribution in [3.63, 3.8) is 0 Å². The summed E-state index contributed by atoms with van der Waals surface area (Å²) in [6.07, 6.45) is 15.8. The van der Waals surface area contributed by atoms with Crippen molar-refractivity contribution in [2.75, 3.05) is 10.6 Å². The van der Waals surface area contributed by atoms with Crippen molar-refractivity contribution in [1.29, 1.82) is 0 Å². The van der Waals surface area contributed by atoms with Crippen LogP contribution >= 0.6 is 0 Å². The number of anilines is 2. The Hall–Kier alpha value is -6.67. The summed E-state index contributed by atoms with van der Waals surface area (Å²) >= 11 is 0. The Bertz CT molecular complexity index is 2470. The van der Waals surface area contributed by atoms with E-state index in [9.17, 15) is 10.2 Å². The molecule has 0 amide bonds. The number of hydrogen-bond donors (Lipinski definition) is 5. The van der Waals surface area contributed by atoms with Gasteiger partial charge in [-0.25, -0.2) is 9.97 Å². The van der Waals surface area contributed by atoms with Crippen molar-refractivity contribution in [1.82, 2.24) is 20.3 Å². The van der Waals surface area contributed by atoms with Crippen LogP contribution in [0.4, 0.5) is 11.6 Å². The van der Waals surface area contributed by atoms with Crippen LogP contribution in [0.25, 0.3) is 10.9 Å². The van der Waals surface area contributed by atoms with Crippen LogP contribution in [0.2, 0.25) is 0 Å². The largest absolute Gasteiger partial charge is 0.509 e. The minimum Gasteiger partial charge on any atom is -0.509 e. The zero-order valence-electron chi connectivity index (χ0n) is 30.5. The highest BCUT2D eigenvalue weighted by molar-refractivity contribution is 5.86. The molecule has 3 atom stereocenters. The van der Waals surface area contributed by atoms with E-state index in [1.807, 2.05) is 92.9 Å². The van der Waals surface area contributed by atoms with Crippen molar-refractivity contribution >= 4 is 22.5 Å². The van der Waals surface area contributed by atoms with Crippen LogP contribution in [0.15, 0.2) is 163 Å². The molecule has 0 bridgehead atoms. The predicted octanol–water partition coefficient (Wildman–Crippen LogP) is 9.48. The van der Waals surface area contributed by atoms with Crippen LogP contribution in [-0.4, -0.2) is 30.7 Å². The van der Waals surface area contributed by atoms with Gasteiger partial charge in [-0.3, -0.25) is 4.98 Å². The van der Waals surface area contributed by atoms with Gasteiger partial charge in [0.2, 0.25) is 0 Å². The number of allylic oxidation sites excluding steroid dienone is 2. The SMILES string of the molecule is Cc1ccnc(NC(C2=C(O)C3(C)NC=CC=C3C=C2)c2ccc(Cc3ccc(C)cc3C(Nc3ccccn3)c3ccc4cccnc4c3O)cc2)c1. The lowest BCUT2D eigenvalue weighted by molar-refractivity contribution is 0.302. The molecule has 54 heavy (non-hydrogen) atoms. The number of nitrogens with zero attached hydrogens (tertiary/aromatic N) is 3. The molecular weight excluding hydrogens is 669 g/mol. The lowest BCUT2D eigenvalue weighted by Gasteiger charge is -2.38. The molecule has 2 aliphatic rings. The smallest absolute Gasteiger partial charge is 0.147 e. The topological polar surface area (TPSA) is 115 Å². The maximum atomic E-state index is 11.8. The second-order valence-electron chi connectivity index (χ2n) is 14.2. The number of aromatic nitrogens is 3. The molecule has 3 aromatic heterocycles. The van der Waals surface area contributed by atoms with Gasteiger partial charge in [0.1, 0.15) is 34.2 Å². The molecule has 0 saturated carbocycles. The first-order valence-corrected chi connectivity index (χ1v) is 18.1. The molecule has 0 saturated heterocycles. The van der Waals surface area contributed by atoms with Gasteiger partial charge in [-0.1, -0.05) is 90.5 Å². The van der Waals surface area contributed by atoms with Crippen LogP contribution in [-0.2, 0) is 6.42 Å². The number of phenols is 1. The third-order valence-electron chi connectivity index (χ3n) is 10.4. The van der Waals surface area contributed by atoms with Gasteiger partial charge in [-0.2, -0.15) is 0 Å². The maximum absolute atomic E-state index is 11.8. The third-order valence-corrected chi connectivity index (χ3v) is 10.4. The van der Waals surface area contributed by atoms with E-state index in [4.69, 9.17) is 0 Å². The predicted molar refractivity (Wildman–Crippen MR) is 216 cm³/mol. The number of hydrogen-bond acceptors (Lipinski definition) is 8. The minimum absolute atomic E-state index is 0.144. The number of nitrogens with one attached hydrogen (secondary N) is 3. The normalized spacial score (nSPS) is 17.4. The van der Waals surface area contributed by atoms with E-state index in [0.29, 0.717) is 17.8 Å². The first-order chi connectivity index (χ1) is 26.3. The van der Waals surface area contributed by atoms with E-state index in [1.165, 1.54) is 0 Å². The Kier molecular flexibility index (Phi) is 9.17. The van der Waals surface area contributed by atoms with Gasteiger partial charge in [-0.05, 0) is 103 Å². The molecule has 0 radical (unpaired) electrons. The molecule has 8 nitrogen and oxygen atoms in total. The van der Waals surface area contributed by atoms with E-state index < -0.39 is 11.6 Å². The highest BCUT2D eigenvalue weighted by Gasteiger charge is 2.38. The number of aliphatic hydroxyl groups is 1. The minimum atomic E-state index is -0.740. The molecule has 5 N–H and O–H groups in total. The number of pyridine rings is 3. The number of rotatable bonds is 10. The number of aromatic hydroxyl groups is 1. The lowest BCUT2D eigenvalue weighted by Crippen LogP contribution is -2.46. The quantitative estimate of drug-likeness (QED) is 0.0956. The maximum Gasteiger partial charge on any atom is 0.147 e. The van der Waals surface area contributed by atoms with Crippen molar-refractivity contribution in [3.05, 3.63) is 202 Å². The summed E-state index contributed by atoms with van der Waals surface area (Å²) in [7, 11) is 0. The van der Waals surface area contributed by atoms with E-state index in [-0.39, 0.29) is 17.6 Å². The van der Waals surface area contributed by atoms with Gasteiger partial charge in [0, 0.05) is 35.1 Å². The highest BCUT2D eigenvalue weighted by atomic mass is 16.3. The summed E-state index contributed by atoms with van der Waals surface area (Å²) in [4.78, 5) is 13.7. The molecule has 3 aromatic carbocycles. The van der Waals surface area contributed by atoms with Gasteiger partial charge in [0.25, 0.3) is 0 Å². The molecule has 0 fully saturated rings. The molecule has 268 valence electrons. The van der Waals surface area contributed by atoms with Crippen LogP contribution < -0.4 is 16.0 Å². The second-order valence-corrected chi connectivity index (χ2v) is 14.2. The fourth-order valence-electron chi connectivity index (χ4n) is 7.42. The summed E-state index contributed by atoms with van der Waals surface area (Å²) in [5.74, 6) is 1.83. The molecule has 4 heterocycles. The standard InChI is InChI=1S/C46H42N6O2/c1-29-11-14-34(38(26-29)43(51-39-10-4-5-22-47-39)36-19-17-32-8-6-23-49-42(32)44(36)53)28-31-12-15-33(16-13-31)41(52-40-27-30(2)21-25-48-40)37-20-18-35-9-7-24-50-46(35,3)45(37)54/h4-27,41,43,50,53-54H,28H2,1-3H3,(H,47,51)(H,48,52). The summed E-state index contributed by atoms with van der Waals surface area (Å²) in [5, 5.41) is 35.0. The molecule has 8 heteroatoms. The molecule has 8 rings (SSSR count). The Morgan fingerprint density at radius 1 is 0.722 bits per heavy atom. The van der Waals surface area contributed by atoms with Crippen molar-refractivity contribution in [3.8, 4) is 5.75 Å². The Morgan fingerprint density at radius 2 is 1.52 bits per heavy atom. The molecule has 6 aromatic rings. The zero-order chi connectivity index (χ0) is 37.2. The monoisotopic (exact) mass is 710 g/mol. The van der Waals surface area contributed by atoms with Gasteiger partial charge >= 0.3 is 0 Å². The van der Waals surface area contributed by atoms with Gasteiger partial charge in [0.05, 0.1) is 12.1 Å². The fourth-order valence-corrected chi connectivity index (χ4v) is 7.42.